The summed E-state index contributed by atoms with van der Waals surface area (Å²) in [5, 5.41) is 0.0266. The monoisotopic (exact) mass is 823 g/mol. The van der Waals surface area contributed by atoms with Crippen LogP contribution in [0.2, 0.25) is 60.4 Å². The SMILES string of the molecule is CO[C@@]1(C(C)(C)COCc2ccccc2)O[C@H](C[C@@H](OCOCC[Si](C)(C)C)[C@@H](C)O[Si](C)(C)C(C)(C)C)C/C(=C\CO[Si](C(C)C)(C(C)C)C(C)C)C1=O. The van der Waals surface area contributed by atoms with Crippen LogP contribution < -0.4 is 0 Å². The lowest BCUT2D eigenvalue weighted by atomic mass is 9.76. The summed E-state index contributed by atoms with van der Waals surface area (Å²) in [6.07, 6.45) is 1.94. The first kappa shape index (κ1) is 50.1. The van der Waals surface area contributed by atoms with Crippen LogP contribution in [0.5, 0.6) is 0 Å². The minimum Gasteiger partial charge on any atom is -0.412 e. The van der Waals surface area contributed by atoms with Gasteiger partial charge in [0.2, 0.25) is 19.9 Å². The maximum Gasteiger partial charge on any atom is 0.240 e. The van der Waals surface area contributed by atoms with Gasteiger partial charge in [0.25, 0.3) is 0 Å². The number of carbonyl (C=O) groups is 1. The molecule has 1 aromatic carbocycles. The van der Waals surface area contributed by atoms with Gasteiger partial charge in [0.1, 0.15) is 6.79 Å². The number of hydrogen-bond acceptors (Lipinski definition) is 8. The van der Waals surface area contributed by atoms with Crippen molar-refractivity contribution in [2.24, 2.45) is 5.41 Å². The summed E-state index contributed by atoms with van der Waals surface area (Å²) in [5.41, 5.74) is 2.16. The number of ether oxygens (including phenoxy) is 5. The Morgan fingerprint density at radius 1 is 0.891 bits per heavy atom. The van der Waals surface area contributed by atoms with Crippen molar-refractivity contribution in [3.63, 3.8) is 0 Å². The smallest absolute Gasteiger partial charge is 0.240 e. The molecule has 1 heterocycles. The fourth-order valence-corrected chi connectivity index (χ4v) is 15.5. The second-order valence-corrected chi connectivity index (χ2v) is 36.0. The summed E-state index contributed by atoms with van der Waals surface area (Å²) in [6, 6.07) is 11.1. The number of hydrogen-bond donors (Lipinski definition) is 0. The molecule has 1 saturated heterocycles. The molecule has 0 N–H and O–H groups in total. The maximum atomic E-state index is 14.8. The molecule has 55 heavy (non-hydrogen) atoms. The molecule has 1 aliphatic heterocycles. The van der Waals surface area contributed by atoms with E-state index in [2.05, 4.69) is 102 Å². The first-order chi connectivity index (χ1) is 25.3. The van der Waals surface area contributed by atoms with Gasteiger partial charge >= 0.3 is 0 Å². The highest BCUT2D eigenvalue weighted by Crippen LogP contribution is 2.46. The van der Waals surface area contributed by atoms with E-state index in [9.17, 15) is 4.79 Å². The van der Waals surface area contributed by atoms with Crippen LogP contribution in [-0.2, 0) is 43.9 Å². The number of methoxy groups -OCH3 is 1. The van der Waals surface area contributed by atoms with Crippen LogP contribution in [0.3, 0.4) is 0 Å². The first-order valence-electron chi connectivity index (χ1n) is 20.9. The molecule has 0 saturated carbocycles. The zero-order chi connectivity index (χ0) is 42.0. The van der Waals surface area contributed by atoms with Crippen molar-refractivity contribution in [2.75, 3.05) is 33.7 Å². The average Bonchev–Trinajstić information content (AvgIpc) is 3.05. The van der Waals surface area contributed by atoms with Crippen molar-refractivity contribution in [2.45, 2.75) is 187 Å². The third-order valence-corrected chi connectivity index (χ3v) is 24.5. The summed E-state index contributed by atoms with van der Waals surface area (Å²) in [5.74, 6) is -1.77. The summed E-state index contributed by atoms with van der Waals surface area (Å²) >= 11 is 0. The quantitative estimate of drug-likeness (QED) is 0.0467. The van der Waals surface area contributed by atoms with Crippen LogP contribution in [0, 0.1) is 5.41 Å². The summed E-state index contributed by atoms with van der Waals surface area (Å²) in [4.78, 5) is 14.8. The topological polar surface area (TPSA) is 81.7 Å². The Balaban J connectivity index is 2.55. The van der Waals surface area contributed by atoms with Gasteiger partial charge in [-0.2, -0.15) is 0 Å². The van der Waals surface area contributed by atoms with E-state index < -0.39 is 42.0 Å². The molecule has 0 spiro atoms. The van der Waals surface area contributed by atoms with Crippen molar-refractivity contribution >= 4 is 30.5 Å². The fourth-order valence-electron chi connectivity index (χ4n) is 7.90. The summed E-state index contributed by atoms with van der Waals surface area (Å²) < 4.78 is 46.1. The molecule has 1 aliphatic rings. The second kappa shape index (κ2) is 20.8. The van der Waals surface area contributed by atoms with Crippen LogP contribution in [0.1, 0.15) is 101 Å². The van der Waals surface area contributed by atoms with E-state index in [1.165, 1.54) is 0 Å². The molecular formula is C44H82O8Si3. The molecule has 0 bridgehead atoms. The number of rotatable bonds is 23. The van der Waals surface area contributed by atoms with Gasteiger partial charge in [0.15, 0.2) is 8.32 Å². The lowest BCUT2D eigenvalue weighted by Gasteiger charge is -2.49. The molecule has 0 amide bonds. The summed E-state index contributed by atoms with van der Waals surface area (Å²) in [6.45, 7) is 40.0. The van der Waals surface area contributed by atoms with E-state index in [1.807, 2.05) is 50.3 Å². The maximum absolute atomic E-state index is 14.8. The zero-order valence-corrected chi connectivity index (χ0v) is 41.4. The van der Waals surface area contributed by atoms with Crippen LogP contribution in [0.15, 0.2) is 42.0 Å². The third kappa shape index (κ3) is 13.5. The van der Waals surface area contributed by atoms with Gasteiger partial charge < -0.3 is 32.5 Å². The Morgan fingerprint density at radius 3 is 1.98 bits per heavy atom. The minimum absolute atomic E-state index is 0.0266. The molecule has 1 aromatic rings. The number of benzene rings is 1. The Bertz CT molecular complexity index is 1310. The second-order valence-electron chi connectivity index (χ2n) is 20.2. The normalized spacial score (nSPS) is 21.3. The molecule has 0 unspecified atom stereocenters. The predicted molar refractivity (Wildman–Crippen MR) is 235 cm³/mol. The largest absolute Gasteiger partial charge is 0.412 e. The Morgan fingerprint density at radius 2 is 1.47 bits per heavy atom. The average molecular weight is 823 g/mol. The van der Waals surface area contributed by atoms with Crippen LogP contribution in [0.4, 0.5) is 0 Å². The number of ketones is 1. The third-order valence-electron chi connectivity index (χ3n) is 12.2. The Kier molecular flexibility index (Phi) is 19.0. The Labute approximate surface area is 340 Å². The van der Waals surface area contributed by atoms with E-state index in [0.717, 1.165) is 11.6 Å². The molecule has 0 radical (unpaired) electrons. The van der Waals surface area contributed by atoms with Gasteiger partial charge in [-0.05, 0) is 53.3 Å². The molecule has 0 aliphatic carbocycles. The number of Topliss-reactive ketones (excluding diaryl/α,β-unsaturated/α-hetero) is 1. The molecular weight excluding hydrogens is 741 g/mol. The molecule has 8 nitrogen and oxygen atoms in total. The van der Waals surface area contributed by atoms with Gasteiger partial charge in [-0.15, -0.1) is 0 Å². The molecule has 1 fully saturated rings. The molecule has 318 valence electrons. The van der Waals surface area contributed by atoms with Crippen LogP contribution in [-0.4, -0.2) is 88.3 Å². The van der Waals surface area contributed by atoms with Crippen LogP contribution in [0.25, 0.3) is 0 Å². The van der Waals surface area contributed by atoms with Gasteiger partial charge in [0.05, 0.1) is 43.5 Å². The summed E-state index contributed by atoms with van der Waals surface area (Å²) in [7, 11) is -4.01. The van der Waals surface area contributed by atoms with Crippen molar-refractivity contribution in [1.82, 2.24) is 0 Å². The zero-order valence-electron chi connectivity index (χ0n) is 38.4. The fraction of sp³-hybridized carbons (Fsp3) is 0.795. The van der Waals surface area contributed by atoms with Crippen molar-refractivity contribution in [3.8, 4) is 0 Å². The van der Waals surface area contributed by atoms with E-state index in [-0.39, 0.29) is 36.4 Å². The van der Waals surface area contributed by atoms with E-state index in [4.69, 9.17) is 32.5 Å². The Hall–Kier alpha value is -0.999. The highest BCUT2D eigenvalue weighted by molar-refractivity contribution is 6.77. The minimum atomic E-state index is -2.18. The predicted octanol–water partition coefficient (Wildman–Crippen LogP) is 11.5. The van der Waals surface area contributed by atoms with Crippen molar-refractivity contribution in [1.29, 1.82) is 0 Å². The van der Waals surface area contributed by atoms with Gasteiger partial charge in [-0.1, -0.05) is 132 Å². The highest BCUT2D eigenvalue weighted by Gasteiger charge is 2.58. The molecule has 4 atom stereocenters. The van der Waals surface area contributed by atoms with E-state index in [0.29, 0.717) is 54.9 Å². The molecule has 11 heteroatoms. The lowest BCUT2D eigenvalue weighted by Crippen LogP contribution is -2.62. The van der Waals surface area contributed by atoms with Crippen molar-refractivity contribution in [3.05, 3.63) is 47.5 Å². The standard InChI is InChI=1S/C44H82O8Si3/c1-33(2)55(34(3)4,35(5)6)50-25-24-38-28-39(51-44(46-13,41(38)45)43(11,12)31-48-30-37-22-20-19-21-23-37)29-40(49-32-47-26-27-53(14,15)16)36(7)52-54(17,18)42(8,9)10/h19-24,33-36,39-40H,25-32H2,1-18H3/b38-24+/t36-,39+,40-,44-/m1/s1. The van der Waals surface area contributed by atoms with Crippen LogP contribution >= 0.6 is 0 Å². The van der Waals surface area contributed by atoms with Gasteiger partial charge in [0, 0.05) is 40.2 Å². The first-order valence-corrected chi connectivity index (χ1v) is 29.6. The van der Waals surface area contributed by atoms with Crippen molar-refractivity contribution < 1.29 is 37.3 Å². The van der Waals surface area contributed by atoms with E-state index in [1.54, 1.807) is 7.11 Å². The number of carbonyl (C=O) groups excluding carboxylic acids is 1. The molecule has 0 aromatic heterocycles. The van der Waals surface area contributed by atoms with E-state index >= 15 is 0 Å². The van der Waals surface area contributed by atoms with Gasteiger partial charge in [-0.3, -0.25) is 4.79 Å². The van der Waals surface area contributed by atoms with Gasteiger partial charge in [-0.25, -0.2) is 0 Å². The lowest BCUT2D eigenvalue weighted by molar-refractivity contribution is -0.297. The highest BCUT2D eigenvalue weighted by atomic mass is 28.4. The molecule has 2 rings (SSSR count).